The number of allylic oxidation sites excluding steroid dienone is 2. The average Bonchev–Trinajstić information content (AvgIpc) is 2.60. The standard InChI is InChI=1S/C6H6F3N4/c7-6(8,9)5-4(3-10)11-13(12-5)1-2-13/h11-12H,1-2H2/q+1. The van der Waals surface area contributed by atoms with Crippen LogP contribution in [-0.4, -0.2) is 24.0 Å². The maximum Gasteiger partial charge on any atom is 0.439 e. The molecule has 0 saturated carbocycles. The molecule has 1 spiro atoms. The number of hydrogen-bond acceptors (Lipinski definition) is 3. The maximum absolute atomic E-state index is 12.2. The summed E-state index contributed by atoms with van der Waals surface area (Å²) in [5.41, 5.74) is 3.32. The second-order valence-electron chi connectivity index (χ2n) is 3.00. The van der Waals surface area contributed by atoms with Crippen LogP contribution in [0.1, 0.15) is 0 Å². The monoisotopic (exact) mass is 191 g/mol. The first-order chi connectivity index (χ1) is 5.97. The van der Waals surface area contributed by atoms with E-state index in [2.05, 4.69) is 10.9 Å². The molecule has 0 aromatic heterocycles. The van der Waals surface area contributed by atoms with E-state index in [0.29, 0.717) is 13.1 Å². The number of quaternary nitrogens is 1. The lowest BCUT2D eigenvalue weighted by Gasteiger charge is -2.11. The predicted octanol–water partition coefficient (Wildman–Crippen LogP) is 0.137. The summed E-state index contributed by atoms with van der Waals surface area (Å²) in [6.45, 7) is 1.12. The molecule has 0 radical (unpaired) electrons. The zero-order chi connectivity index (χ0) is 9.69. The van der Waals surface area contributed by atoms with Crippen LogP contribution in [0, 0.1) is 11.3 Å². The predicted molar refractivity (Wildman–Crippen MR) is 35.0 cm³/mol. The molecule has 13 heavy (non-hydrogen) atoms. The third-order valence-electron chi connectivity index (χ3n) is 1.97. The van der Waals surface area contributed by atoms with Crippen molar-refractivity contribution >= 4 is 0 Å². The number of alkyl halides is 3. The molecule has 2 heterocycles. The van der Waals surface area contributed by atoms with Crippen LogP contribution in [0.2, 0.25) is 0 Å². The van der Waals surface area contributed by atoms with Gasteiger partial charge in [0.2, 0.25) is 5.70 Å². The highest BCUT2D eigenvalue weighted by Gasteiger charge is 2.56. The van der Waals surface area contributed by atoms with E-state index in [9.17, 15) is 13.2 Å². The Bertz CT molecular complexity index is 320. The highest BCUT2D eigenvalue weighted by atomic mass is 19.4. The second kappa shape index (κ2) is 2.09. The molecule has 0 aliphatic carbocycles. The molecule has 0 aromatic rings. The van der Waals surface area contributed by atoms with Crippen molar-refractivity contribution in [3.63, 3.8) is 0 Å². The third-order valence-corrected chi connectivity index (χ3v) is 1.97. The fourth-order valence-corrected chi connectivity index (χ4v) is 1.18. The lowest BCUT2D eigenvalue weighted by Crippen LogP contribution is -2.44. The van der Waals surface area contributed by atoms with Gasteiger partial charge in [0.1, 0.15) is 6.07 Å². The summed E-state index contributed by atoms with van der Waals surface area (Å²) >= 11 is 0. The smallest absolute Gasteiger partial charge is 0.204 e. The largest absolute Gasteiger partial charge is 0.439 e. The van der Waals surface area contributed by atoms with E-state index in [1.54, 1.807) is 0 Å². The fraction of sp³-hybridized carbons (Fsp3) is 0.500. The molecule has 1 saturated heterocycles. The van der Waals surface area contributed by atoms with Crippen molar-refractivity contribution in [2.24, 2.45) is 0 Å². The Labute approximate surface area is 71.8 Å². The Kier molecular flexibility index (Phi) is 1.31. The van der Waals surface area contributed by atoms with E-state index in [0.717, 1.165) is 0 Å². The van der Waals surface area contributed by atoms with Crippen molar-refractivity contribution < 1.29 is 17.9 Å². The number of nitrogens with zero attached hydrogens (tertiary/aromatic N) is 2. The molecule has 2 aliphatic heterocycles. The van der Waals surface area contributed by atoms with Crippen LogP contribution in [0.25, 0.3) is 0 Å². The quantitative estimate of drug-likeness (QED) is 0.423. The van der Waals surface area contributed by atoms with Gasteiger partial charge in [-0.1, -0.05) is 0 Å². The molecular formula is C6H6F3N4+. The first kappa shape index (κ1) is 8.19. The summed E-state index contributed by atoms with van der Waals surface area (Å²) in [5.74, 6) is 0. The minimum Gasteiger partial charge on any atom is -0.204 e. The van der Waals surface area contributed by atoms with Gasteiger partial charge in [-0.3, -0.25) is 0 Å². The van der Waals surface area contributed by atoms with Gasteiger partial charge >= 0.3 is 6.18 Å². The van der Waals surface area contributed by atoms with E-state index < -0.39 is 17.6 Å². The normalized spacial score (nSPS) is 23.8. The Balaban J connectivity index is 2.29. The molecule has 2 rings (SSSR count). The lowest BCUT2D eigenvalue weighted by atomic mass is 10.3. The van der Waals surface area contributed by atoms with Crippen LogP contribution in [0.3, 0.4) is 0 Å². The molecule has 0 unspecified atom stereocenters. The Morgan fingerprint density at radius 3 is 2.23 bits per heavy atom. The lowest BCUT2D eigenvalue weighted by molar-refractivity contribution is -0.876. The van der Waals surface area contributed by atoms with Gasteiger partial charge in [-0.05, 0) is 0 Å². The van der Waals surface area contributed by atoms with E-state index in [1.807, 2.05) is 0 Å². The van der Waals surface area contributed by atoms with E-state index in [-0.39, 0.29) is 4.70 Å². The molecule has 0 bridgehead atoms. The second-order valence-corrected chi connectivity index (χ2v) is 3.00. The van der Waals surface area contributed by atoms with E-state index in [4.69, 9.17) is 5.26 Å². The van der Waals surface area contributed by atoms with Crippen LogP contribution in [0.5, 0.6) is 0 Å². The van der Waals surface area contributed by atoms with Crippen molar-refractivity contribution in [2.45, 2.75) is 6.18 Å². The summed E-state index contributed by atoms with van der Waals surface area (Å²) < 4.78 is 36.7. The summed E-state index contributed by atoms with van der Waals surface area (Å²) in [4.78, 5) is 0. The zero-order valence-electron chi connectivity index (χ0n) is 6.44. The van der Waals surface area contributed by atoms with Crippen LogP contribution < -0.4 is 10.9 Å². The average molecular weight is 191 g/mol. The van der Waals surface area contributed by atoms with Gasteiger partial charge in [0.15, 0.2) is 18.8 Å². The van der Waals surface area contributed by atoms with Crippen molar-refractivity contribution in [3.8, 4) is 6.07 Å². The van der Waals surface area contributed by atoms with Crippen LogP contribution >= 0.6 is 0 Å². The molecule has 4 nitrogen and oxygen atoms in total. The number of hydrogen-bond donors (Lipinski definition) is 2. The van der Waals surface area contributed by atoms with Gasteiger partial charge in [0.25, 0.3) is 0 Å². The van der Waals surface area contributed by atoms with Crippen LogP contribution in [0.15, 0.2) is 11.4 Å². The third kappa shape index (κ3) is 1.19. The highest BCUT2D eigenvalue weighted by molar-refractivity contribution is 5.28. The highest BCUT2D eigenvalue weighted by Crippen LogP contribution is 2.33. The Morgan fingerprint density at radius 1 is 1.31 bits per heavy atom. The molecule has 0 aromatic carbocycles. The van der Waals surface area contributed by atoms with Crippen molar-refractivity contribution in [1.82, 2.24) is 10.9 Å². The number of nitrogens with one attached hydrogen (secondary N) is 2. The van der Waals surface area contributed by atoms with Gasteiger partial charge in [-0.25, -0.2) is 5.43 Å². The van der Waals surface area contributed by atoms with Crippen LogP contribution in [-0.2, 0) is 0 Å². The Hall–Kier alpha value is -1.42. The minimum atomic E-state index is -4.48. The number of nitriles is 1. The maximum atomic E-state index is 12.2. The van der Waals surface area contributed by atoms with Crippen molar-refractivity contribution in [1.29, 1.82) is 5.26 Å². The Morgan fingerprint density at radius 2 is 1.92 bits per heavy atom. The van der Waals surface area contributed by atoms with E-state index >= 15 is 0 Å². The van der Waals surface area contributed by atoms with Gasteiger partial charge < -0.3 is 0 Å². The molecule has 7 heteroatoms. The first-order valence-electron chi connectivity index (χ1n) is 3.62. The zero-order valence-corrected chi connectivity index (χ0v) is 6.44. The van der Waals surface area contributed by atoms with Gasteiger partial charge in [-0.15, -0.1) is 4.70 Å². The van der Waals surface area contributed by atoms with Gasteiger partial charge in [-0.2, -0.15) is 23.9 Å². The number of halogens is 3. The van der Waals surface area contributed by atoms with Crippen LogP contribution in [0.4, 0.5) is 13.2 Å². The summed E-state index contributed by atoms with van der Waals surface area (Å²) in [6.07, 6.45) is -4.48. The number of rotatable bonds is 0. The molecule has 2 N–H and O–H groups in total. The van der Waals surface area contributed by atoms with Crippen molar-refractivity contribution in [2.75, 3.05) is 13.1 Å². The molecule has 2 aliphatic rings. The molecule has 1 fully saturated rings. The first-order valence-corrected chi connectivity index (χ1v) is 3.62. The van der Waals surface area contributed by atoms with Gasteiger partial charge in [0.05, 0.1) is 0 Å². The minimum absolute atomic E-state index is 0.0439. The van der Waals surface area contributed by atoms with Crippen molar-refractivity contribution in [3.05, 3.63) is 11.4 Å². The molecule has 70 valence electrons. The summed E-state index contributed by atoms with van der Waals surface area (Å²) in [6, 6.07) is 1.49. The van der Waals surface area contributed by atoms with Gasteiger partial charge in [0, 0.05) is 0 Å². The topological polar surface area (TPSA) is 47.9 Å². The fourth-order valence-electron chi connectivity index (χ4n) is 1.18. The summed E-state index contributed by atoms with van der Waals surface area (Å²) in [5, 5.41) is 8.44. The summed E-state index contributed by atoms with van der Waals surface area (Å²) in [7, 11) is 0. The molecular weight excluding hydrogens is 185 g/mol. The SMILES string of the molecule is N#CC1=C(C(F)(F)F)N[N+]2(CC2)N1. The molecule has 0 atom stereocenters. The van der Waals surface area contributed by atoms with E-state index in [1.165, 1.54) is 6.07 Å². The molecule has 0 amide bonds.